The second-order valence-electron chi connectivity index (χ2n) is 6.18. The maximum Gasteiger partial charge on any atom is 0.139 e. The molecule has 0 aromatic rings. The van der Waals surface area contributed by atoms with E-state index in [9.17, 15) is 4.79 Å². The van der Waals surface area contributed by atoms with Crippen LogP contribution < -0.4 is 5.32 Å². The van der Waals surface area contributed by atoms with Crippen molar-refractivity contribution < 1.29 is 4.79 Å². The van der Waals surface area contributed by atoms with E-state index in [1.165, 1.54) is 38.5 Å². The fourth-order valence-corrected chi connectivity index (χ4v) is 3.24. The summed E-state index contributed by atoms with van der Waals surface area (Å²) in [7, 11) is 0. The van der Waals surface area contributed by atoms with Gasteiger partial charge in [-0.25, -0.2) is 0 Å². The Balaban J connectivity index is 2.15. The van der Waals surface area contributed by atoms with E-state index in [0.29, 0.717) is 5.78 Å². The Labute approximate surface area is 119 Å². The van der Waals surface area contributed by atoms with E-state index in [2.05, 4.69) is 19.2 Å². The highest BCUT2D eigenvalue weighted by atomic mass is 16.1. The van der Waals surface area contributed by atoms with Crippen LogP contribution in [0.5, 0.6) is 0 Å². The highest BCUT2D eigenvalue weighted by molar-refractivity contribution is 5.84. The molecule has 0 bridgehead atoms. The van der Waals surface area contributed by atoms with Gasteiger partial charge >= 0.3 is 0 Å². The molecule has 1 fully saturated rings. The Hall–Kier alpha value is -0.370. The topological polar surface area (TPSA) is 29.1 Å². The van der Waals surface area contributed by atoms with E-state index < -0.39 is 0 Å². The Morgan fingerprint density at radius 2 is 1.53 bits per heavy atom. The Bertz CT molecular complexity index is 244. The molecule has 0 unspecified atom stereocenters. The van der Waals surface area contributed by atoms with Gasteiger partial charge < -0.3 is 5.32 Å². The van der Waals surface area contributed by atoms with Gasteiger partial charge in [0.25, 0.3) is 0 Å². The molecule has 0 amide bonds. The molecule has 0 atom stereocenters. The number of rotatable bonds is 10. The van der Waals surface area contributed by atoms with E-state index in [1.807, 2.05) is 0 Å². The van der Waals surface area contributed by atoms with E-state index in [-0.39, 0.29) is 5.41 Å². The largest absolute Gasteiger partial charge is 0.317 e. The standard InChI is InChI=1S/C17H33NO/c1-3-5-6-7-8-9-10-11-16(19)17(4-2)12-14-18-15-13-17/h18H,3-15H2,1-2H3. The third kappa shape index (κ3) is 5.64. The molecule has 1 saturated heterocycles. The molecule has 0 aromatic carbocycles. The molecule has 2 heteroatoms. The number of carbonyl (C=O) groups is 1. The molecule has 0 spiro atoms. The Kier molecular flexibility index (Phi) is 8.36. The van der Waals surface area contributed by atoms with Gasteiger partial charge in [0.05, 0.1) is 0 Å². The minimum atomic E-state index is 0.0213. The van der Waals surface area contributed by atoms with Crippen LogP contribution in [0.3, 0.4) is 0 Å². The third-order valence-electron chi connectivity index (χ3n) is 4.84. The average Bonchev–Trinajstić information content (AvgIpc) is 2.46. The number of ketones is 1. The van der Waals surface area contributed by atoms with Gasteiger partial charge in [0, 0.05) is 11.8 Å². The predicted molar refractivity (Wildman–Crippen MR) is 82.4 cm³/mol. The molecule has 0 saturated carbocycles. The van der Waals surface area contributed by atoms with Gasteiger partial charge in [-0.2, -0.15) is 0 Å². The lowest BCUT2D eigenvalue weighted by molar-refractivity contribution is -0.130. The van der Waals surface area contributed by atoms with Crippen molar-refractivity contribution in [2.75, 3.05) is 13.1 Å². The maximum atomic E-state index is 12.5. The lowest BCUT2D eigenvalue weighted by atomic mass is 9.72. The van der Waals surface area contributed by atoms with Crippen molar-refractivity contribution in [2.45, 2.75) is 84.5 Å². The number of Topliss-reactive ketones (excluding diaryl/α,β-unsaturated/α-hetero) is 1. The van der Waals surface area contributed by atoms with E-state index >= 15 is 0 Å². The first-order valence-corrected chi connectivity index (χ1v) is 8.49. The van der Waals surface area contributed by atoms with Crippen LogP contribution in [0.15, 0.2) is 0 Å². The number of carbonyl (C=O) groups excluding carboxylic acids is 1. The molecule has 1 aliphatic heterocycles. The van der Waals surface area contributed by atoms with Crippen LogP contribution in [-0.2, 0) is 4.79 Å². The Morgan fingerprint density at radius 3 is 2.11 bits per heavy atom. The smallest absolute Gasteiger partial charge is 0.139 e. The molecule has 1 N–H and O–H groups in total. The minimum Gasteiger partial charge on any atom is -0.317 e. The summed E-state index contributed by atoms with van der Waals surface area (Å²) in [6.45, 7) is 6.49. The van der Waals surface area contributed by atoms with Gasteiger partial charge in [0.15, 0.2) is 0 Å². The zero-order valence-electron chi connectivity index (χ0n) is 13.1. The number of unbranched alkanes of at least 4 members (excludes halogenated alkanes) is 6. The third-order valence-corrected chi connectivity index (χ3v) is 4.84. The number of piperidine rings is 1. The van der Waals surface area contributed by atoms with Crippen LogP contribution in [0.1, 0.15) is 84.5 Å². The summed E-state index contributed by atoms with van der Waals surface area (Å²) in [5, 5.41) is 3.37. The molecule has 0 aliphatic carbocycles. The quantitative estimate of drug-likeness (QED) is 0.591. The van der Waals surface area contributed by atoms with Crippen molar-refractivity contribution in [3.05, 3.63) is 0 Å². The van der Waals surface area contributed by atoms with Crippen molar-refractivity contribution in [2.24, 2.45) is 5.41 Å². The van der Waals surface area contributed by atoms with Gasteiger partial charge in [-0.15, -0.1) is 0 Å². The highest BCUT2D eigenvalue weighted by Gasteiger charge is 2.36. The van der Waals surface area contributed by atoms with Crippen LogP contribution in [0.2, 0.25) is 0 Å². The minimum absolute atomic E-state index is 0.0213. The SMILES string of the molecule is CCCCCCCCCC(=O)C1(CC)CCNCC1. The van der Waals surface area contributed by atoms with E-state index in [4.69, 9.17) is 0 Å². The first-order valence-electron chi connectivity index (χ1n) is 8.49. The molecule has 0 radical (unpaired) electrons. The second kappa shape index (κ2) is 9.52. The summed E-state index contributed by atoms with van der Waals surface area (Å²) in [4.78, 5) is 12.5. The van der Waals surface area contributed by atoms with Crippen molar-refractivity contribution >= 4 is 5.78 Å². The molecule has 1 aliphatic rings. The predicted octanol–water partition coefficient (Wildman–Crippen LogP) is 4.48. The number of nitrogens with one attached hydrogen (secondary N) is 1. The van der Waals surface area contributed by atoms with Crippen LogP contribution in [-0.4, -0.2) is 18.9 Å². The zero-order valence-corrected chi connectivity index (χ0v) is 13.1. The van der Waals surface area contributed by atoms with Crippen molar-refractivity contribution in [3.63, 3.8) is 0 Å². The summed E-state index contributed by atoms with van der Waals surface area (Å²) >= 11 is 0. The van der Waals surface area contributed by atoms with E-state index in [0.717, 1.165) is 45.2 Å². The highest BCUT2D eigenvalue weighted by Crippen LogP contribution is 2.35. The molecular weight excluding hydrogens is 234 g/mol. The first kappa shape index (κ1) is 16.7. The van der Waals surface area contributed by atoms with Crippen LogP contribution in [0.25, 0.3) is 0 Å². The van der Waals surface area contributed by atoms with Crippen molar-refractivity contribution in [3.8, 4) is 0 Å². The summed E-state index contributed by atoms with van der Waals surface area (Å²) < 4.78 is 0. The van der Waals surface area contributed by atoms with Crippen molar-refractivity contribution in [1.82, 2.24) is 5.32 Å². The summed E-state index contributed by atoms with van der Waals surface area (Å²) in [5.74, 6) is 0.546. The molecule has 1 rings (SSSR count). The molecule has 19 heavy (non-hydrogen) atoms. The van der Waals surface area contributed by atoms with Crippen molar-refractivity contribution in [1.29, 1.82) is 0 Å². The summed E-state index contributed by atoms with van der Waals surface area (Å²) in [5.41, 5.74) is 0.0213. The Morgan fingerprint density at radius 1 is 0.947 bits per heavy atom. The first-order chi connectivity index (χ1) is 9.25. The summed E-state index contributed by atoms with van der Waals surface area (Å²) in [6, 6.07) is 0. The van der Waals surface area contributed by atoms with Gasteiger partial charge in [0.1, 0.15) is 5.78 Å². The van der Waals surface area contributed by atoms with Gasteiger partial charge in [-0.1, -0.05) is 52.4 Å². The lowest BCUT2D eigenvalue weighted by Gasteiger charge is -2.35. The van der Waals surface area contributed by atoms with Gasteiger partial charge in [-0.05, 0) is 38.8 Å². The normalized spacial score (nSPS) is 18.4. The maximum absolute atomic E-state index is 12.5. The second-order valence-corrected chi connectivity index (χ2v) is 6.18. The molecule has 112 valence electrons. The average molecular weight is 267 g/mol. The fourth-order valence-electron chi connectivity index (χ4n) is 3.24. The zero-order chi connectivity index (χ0) is 14.0. The van der Waals surface area contributed by atoms with E-state index in [1.54, 1.807) is 0 Å². The van der Waals surface area contributed by atoms with Crippen LogP contribution in [0, 0.1) is 5.41 Å². The monoisotopic (exact) mass is 267 g/mol. The van der Waals surface area contributed by atoms with Gasteiger partial charge in [0.2, 0.25) is 0 Å². The molecular formula is C17H33NO. The molecule has 2 nitrogen and oxygen atoms in total. The molecule has 1 heterocycles. The van der Waals surface area contributed by atoms with Crippen LogP contribution >= 0.6 is 0 Å². The number of hydrogen-bond donors (Lipinski definition) is 1. The fraction of sp³-hybridized carbons (Fsp3) is 0.941. The molecule has 0 aromatic heterocycles. The number of hydrogen-bond acceptors (Lipinski definition) is 2. The summed E-state index contributed by atoms with van der Waals surface area (Å²) in [6.07, 6.45) is 13.0. The van der Waals surface area contributed by atoms with Gasteiger partial charge in [-0.3, -0.25) is 4.79 Å². The van der Waals surface area contributed by atoms with Crippen LogP contribution in [0.4, 0.5) is 0 Å². The lowest BCUT2D eigenvalue weighted by Crippen LogP contribution is -2.41.